The van der Waals surface area contributed by atoms with Crippen molar-refractivity contribution >= 4 is 16.1 Å². The van der Waals surface area contributed by atoms with Gasteiger partial charge in [-0.05, 0) is 12.1 Å². The Balaban J connectivity index is 2.32. The van der Waals surface area contributed by atoms with Gasteiger partial charge in [0, 0.05) is 18.0 Å². The molecule has 2 aromatic rings. The summed E-state index contributed by atoms with van der Waals surface area (Å²) in [6.07, 6.45) is 3.70. The summed E-state index contributed by atoms with van der Waals surface area (Å²) in [6.45, 7) is 0.152. The van der Waals surface area contributed by atoms with Crippen molar-refractivity contribution in [3.63, 3.8) is 0 Å². The van der Waals surface area contributed by atoms with Crippen LogP contribution in [0.1, 0.15) is 11.1 Å². The fraction of sp³-hybridized carbons (Fsp3) is 0.143. The summed E-state index contributed by atoms with van der Waals surface area (Å²) in [5.74, 6) is 0. The number of hydrogen-bond donors (Lipinski definition) is 0. The minimum absolute atomic E-state index is 0.0890. The van der Waals surface area contributed by atoms with E-state index in [2.05, 4.69) is 4.98 Å². The summed E-state index contributed by atoms with van der Waals surface area (Å²) >= 11 is 0. The van der Waals surface area contributed by atoms with Crippen LogP contribution in [0.4, 0.5) is 0 Å². The monoisotopic (exact) mass is 290 g/mol. The van der Waals surface area contributed by atoms with Crippen LogP contribution in [0.25, 0.3) is 0 Å². The Kier molecular flexibility index (Phi) is 4.14. The van der Waals surface area contributed by atoms with Crippen LogP contribution in [0.15, 0.2) is 53.7 Å². The van der Waals surface area contributed by atoms with E-state index in [0.717, 1.165) is 11.8 Å². The number of nitrogens with zero attached hydrogens (tertiary/aromatic N) is 2. The van der Waals surface area contributed by atoms with E-state index >= 15 is 0 Å². The molecule has 0 fully saturated rings. The summed E-state index contributed by atoms with van der Waals surface area (Å²) in [5.41, 5.74) is 1.14. The second kappa shape index (κ2) is 5.83. The fourth-order valence-corrected chi connectivity index (χ4v) is 2.58. The Morgan fingerprint density at radius 3 is 2.55 bits per heavy atom. The maximum absolute atomic E-state index is 11.9. The zero-order valence-corrected chi connectivity index (χ0v) is 11.7. The average molecular weight is 290 g/mol. The molecule has 0 atom stereocenters. The van der Waals surface area contributed by atoms with Crippen LogP contribution < -0.4 is 0 Å². The zero-order valence-electron chi connectivity index (χ0n) is 10.9. The Labute approximate surface area is 117 Å². The summed E-state index contributed by atoms with van der Waals surface area (Å²) in [5, 5.41) is 11.8. The van der Waals surface area contributed by atoms with Crippen LogP contribution in [0.5, 0.6) is 0 Å². The highest BCUT2D eigenvalue weighted by atomic mass is 32.2. The first-order valence-corrected chi connectivity index (χ1v) is 7.83. The Bertz CT molecular complexity index is 725. The van der Waals surface area contributed by atoms with E-state index in [1.165, 1.54) is 12.4 Å². The Hall–Kier alpha value is -2.21. The minimum Gasteiger partial charge on any atom is -0.624 e. The van der Waals surface area contributed by atoms with Crippen LogP contribution in [0, 0.1) is 5.21 Å². The maximum Gasteiger partial charge on any atom is 0.193 e. The lowest BCUT2D eigenvalue weighted by molar-refractivity contribution is -0.469. The number of sulfone groups is 1. The summed E-state index contributed by atoms with van der Waals surface area (Å²) in [7, 11) is -3.46. The molecule has 0 bridgehead atoms. The van der Waals surface area contributed by atoms with E-state index in [1.807, 2.05) is 30.3 Å². The topological polar surface area (TPSA) is 73.1 Å². The van der Waals surface area contributed by atoms with E-state index < -0.39 is 9.84 Å². The number of hydrogen-bond acceptors (Lipinski definition) is 4. The molecular formula is C14H14N2O3S. The van der Waals surface area contributed by atoms with Crippen molar-refractivity contribution < 1.29 is 13.2 Å². The average Bonchev–Trinajstić information content (AvgIpc) is 2.39. The molecule has 0 spiro atoms. The van der Waals surface area contributed by atoms with E-state index in [1.54, 1.807) is 12.1 Å². The van der Waals surface area contributed by atoms with Gasteiger partial charge >= 0.3 is 0 Å². The largest absolute Gasteiger partial charge is 0.624 e. The predicted octanol–water partition coefficient (Wildman–Crippen LogP) is 1.61. The first kappa shape index (κ1) is 14.2. The Morgan fingerprint density at radius 2 is 1.90 bits per heavy atom. The highest BCUT2D eigenvalue weighted by molar-refractivity contribution is 7.90. The third kappa shape index (κ3) is 3.64. The third-order valence-corrected chi connectivity index (χ3v) is 3.66. The number of pyridine rings is 1. The lowest BCUT2D eigenvalue weighted by Crippen LogP contribution is -2.10. The van der Waals surface area contributed by atoms with E-state index in [4.69, 9.17) is 0 Å². The van der Waals surface area contributed by atoms with Crippen molar-refractivity contribution in [1.29, 1.82) is 0 Å². The number of aromatic nitrogens is 1. The van der Waals surface area contributed by atoms with Crippen LogP contribution in [-0.4, -0.2) is 30.6 Å². The molecule has 1 aromatic heterocycles. The molecular weight excluding hydrogens is 276 g/mol. The molecule has 0 aliphatic rings. The predicted molar refractivity (Wildman–Crippen MR) is 76.3 cm³/mol. The van der Waals surface area contributed by atoms with E-state index in [-0.39, 0.29) is 11.6 Å². The van der Waals surface area contributed by atoms with Crippen LogP contribution in [0.3, 0.4) is 0 Å². The molecule has 0 unspecified atom stereocenters. The molecule has 0 saturated heterocycles. The SMILES string of the molecule is CS(=O)(=O)c1ncccc1/C=[N+](\[O-])Cc1ccccc1. The van der Waals surface area contributed by atoms with Gasteiger partial charge in [-0.15, -0.1) is 0 Å². The number of benzene rings is 1. The van der Waals surface area contributed by atoms with Crippen molar-refractivity contribution in [3.8, 4) is 0 Å². The van der Waals surface area contributed by atoms with Gasteiger partial charge in [0.2, 0.25) is 0 Å². The van der Waals surface area contributed by atoms with Gasteiger partial charge in [0.1, 0.15) is 0 Å². The van der Waals surface area contributed by atoms with Gasteiger partial charge in [-0.2, -0.15) is 0 Å². The first-order valence-electron chi connectivity index (χ1n) is 5.94. The zero-order chi connectivity index (χ0) is 14.6. The molecule has 2 rings (SSSR count). The second-order valence-corrected chi connectivity index (χ2v) is 6.29. The lowest BCUT2D eigenvalue weighted by atomic mass is 10.2. The minimum atomic E-state index is -3.46. The van der Waals surface area contributed by atoms with Gasteiger partial charge < -0.3 is 5.21 Å². The summed E-state index contributed by atoms with van der Waals surface area (Å²) in [6, 6.07) is 12.4. The molecule has 0 aliphatic heterocycles. The third-order valence-electron chi connectivity index (χ3n) is 2.62. The standard InChI is InChI=1S/C14H14N2O3S/c1-20(18,19)14-13(8-5-9-15-14)11-16(17)10-12-6-3-2-4-7-12/h2-9,11H,10H2,1H3/b16-11-. The molecule has 1 heterocycles. The van der Waals surface area contributed by atoms with Crippen molar-refractivity contribution in [2.45, 2.75) is 11.6 Å². The molecule has 1 aromatic carbocycles. The molecule has 0 N–H and O–H groups in total. The summed E-state index contributed by atoms with van der Waals surface area (Å²) in [4.78, 5) is 3.83. The summed E-state index contributed by atoms with van der Waals surface area (Å²) < 4.78 is 23.9. The van der Waals surface area contributed by atoms with Gasteiger partial charge in [0.05, 0.1) is 5.56 Å². The van der Waals surface area contributed by atoms with Crippen LogP contribution in [0.2, 0.25) is 0 Å². The highest BCUT2D eigenvalue weighted by Crippen LogP contribution is 2.10. The van der Waals surface area contributed by atoms with Crippen molar-refractivity contribution in [1.82, 2.24) is 4.98 Å². The lowest BCUT2D eigenvalue weighted by Gasteiger charge is -2.05. The van der Waals surface area contributed by atoms with Crippen molar-refractivity contribution in [2.75, 3.05) is 6.26 Å². The molecule has 5 nitrogen and oxygen atoms in total. The Morgan fingerprint density at radius 1 is 1.20 bits per heavy atom. The van der Waals surface area contributed by atoms with Gasteiger partial charge in [-0.3, -0.25) is 0 Å². The second-order valence-electron chi connectivity index (χ2n) is 4.36. The van der Waals surface area contributed by atoms with Crippen molar-refractivity contribution in [3.05, 3.63) is 65.0 Å². The van der Waals surface area contributed by atoms with E-state index in [9.17, 15) is 13.6 Å². The highest BCUT2D eigenvalue weighted by Gasteiger charge is 2.15. The van der Waals surface area contributed by atoms with Crippen LogP contribution >= 0.6 is 0 Å². The first-order chi connectivity index (χ1) is 9.47. The van der Waals surface area contributed by atoms with Crippen LogP contribution in [-0.2, 0) is 16.4 Å². The fourth-order valence-electron chi connectivity index (χ4n) is 1.78. The molecule has 0 amide bonds. The molecule has 0 aliphatic carbocycles. The molecule has 104 valence electrons. The van der Waals surface area contributed by atoms with E-state index in [0.29, 0.717) is 10.3 Å². The molecule has 0 radical (unpaired) electrons. The maximum atomic E-state index is 11.9. The van der Waals surface area contributed by atoms with Gasteiger partial charge in [-0.25, -0.2) is 18.1 Å². The van der Waals surface area contributed by atoms with Crippen molar-refractivity contribution in [2.24, 2.45) is 0 Å². The van der Waals surface area contributed by atoms with Gasteiger partial charge in [-0.1, -0.05) is 30.3 Å². The molecule has 0 saturated carbocycles. The number of rotatable bonds is 4. The quantitative estimate of drug-likeness (QED) is 0.371. The smallest absolute Gasteiger partial charge is 0.193 e. The normalized spacial score (nSPS) is 12.3. The van der Waals surface area contributed by atoms with Gasteiger partial charge in [0.15, 0.2) is 27.6 Å². The molecule has 20 heavy (non-hydrogen) atoms. The molecule has 6 heteroatoms. The van der Waals surface area contributed by atoms with Gasteiger partial charge in [0.25, 0.3) is 0 Å². The number of hydroxylamine groups is 1.